The monoisotopic (exact) mass is 394 g/mol. The lowest BCUT2D eigenvalue weighted by Gasteiger charge is -2.15. The lowest BCUT2D eigenvalue weighted by molar-refractivity contribution is -0.192. The maximum absolute atomic E-state index is 11.5. The number of hydrogen-bond acceptors (Lipinski definition) is 5. The van der Waals surface area contributed by atoms with Gasteiger partial charge in [-0.05, 0) is 5.56 Å². The fourth-order valence-corrected chi connectivity index (χ4v) is 1.59. The Hall–Kier alpha value is -3.15. The van der Waals surface area contributed by atoms with Crippen molar-refractivity contribution in [2.45, 2.75) is 31.1 Å². The fourth-order valence-electron chi connectivity index (χ4n) is 1.59. The normalized spacial score (nSPS) is 12.7. The first-order chi connectivity index (χ1) is 12.3. The second kappa shape index (κ2) is 10.8. The average molecular weight is 394 g/mol. The molecule has 0 bridgehead atoms. The number of alkyl halides is 3. The molecule has 6 N–H and O–H groups in total. The van der Waals surface area contributed by atoms with Crippen molar-refractivity contribution in [3.8, 4) is 0 Å². The van der Waals surface area contributed by atoms with Crippen molar-refractivity contribution < 1.29 is 47.7 Å². The van der Waals surface area contributed by atoms with Crippen molar-refractivity contribution in [2.24, 2.45) is 5.73 Å². The van der Waals surface area contributed by atoms with E-state index in [0.717, 1.165) is 5.56 Å². The molecule has 0 aliphatic rings. The second-order valence-electron chi connectivity index (χ2n) is 5.10. The number of carboxylic acid groups (broad SMARTS) is 3. The van der Waals surface area contributed by atoms with E-state index in [1.54, 1.807) is 30.3 Å². The van der Waals surface area contributed by atoms with Crippen molar-refractivity contribution in [1.82, 2.24) is 5.32 Å². The molecule has 0 radical (unpaired) electrons. The molecule has 0 saturated carbocycles. The summed E-state index contributed by atoms with van der Waals surface area (Å²) in [6, 6.07) is 6.33. The van der Waals surface area contributed by atoms with E-state index in [1.165, 1.54) is 0 Å². The van der Waals surface area contributed by atoms with Crippen molar-refractivity contribution in [1.29, 1.82) is 0 Å². The maximum Gasteiger partial charge on any atom is 0.490 e. The number of amides is 1. The number of carboxylic acids is 3. The summed E-state index contributed by atoms with van der Waals surface area (Å²) in [4.78, 5) is 42.1. The highest BCUT2D eigenvalue weighted by Gasteiger charge is 2.38. The van der Waals surface area contributed by atoms with Gasteiger partial charge in [0.1, 0.15) is 12.1 Å². The van der Waals surface area contributed by atoms with E-state index in [1.807, 2.05) is 0 Å². The van der Waals surface area contributed by atoms with Crippen LogP contribution in [0.5, 0.6) is 0 Å². The van der Waals surface area contributed by atoms with Crippen LogP contribution in [0.15, 0.2) is 30.3 Å². The maximum atomic E-state index is 11.5. The van der Waals surface area contributed by atoms with Crippen LogP contribution in [0, 0.1) is 0 Å². The van der Waals surface area contributed by atoms with Crippen LogP contribution in [0.25, 0.3) is 0 Å². The third kappa shape index (κ3) is 10.4. The first-order valence-electron chi connectivity index (χ1n) is 7.19. The molecule has 1 rings (SSSR count). The Balaban J connectivity index is 0.000000821. The van der Waals surface area contributed by atoms with Crippen molar-refractivity contribution >= 4 is 23.8 Å². The number of benzene rings is 1. The molecule has 9 nitrogen and oxygen atoms in total. The SMILES string of the molecule is N[C@@H](CC(=O)N[C@@H](Cc1ccccc1)C(=O)O)C(=O)O.O=C(O)C(F)(F)F. The molecule has 150 valence electrons. The number of aliphatic carboxylic acids is 3. The molecule has 0 spiro atoms. The van der Waals surface area contributed by atoms with Gasteiger partial charge in [-0.25, -0.2) is 9.59 Å². The standard InChI is InChI=1S/C13H16N2O5.C2HF3O2/c14-9(12(17)18)7-11(16)15-10(13(19)20)6-8-4-2-1-3-5-8;3-2(4,5)1(6)7/h1-5,9-10H,6-7,14H2,(H,15,16)(H,17,18)(H,19,20);(H,6,7)/t9-,10-;/m0./s1. The molecular weight excluding hydrogens is 377 g/mol. The van der Waals surface area contributed by atoms with Crippen LogP contribution in [0.2, 0.25) is 0 Å². The van der Waals surface area contributed by atoms with E-state index >= 15 is 0 Å². The van der Waals surface area contributed by atoms with E-state index in [4.69, 9.17) is 25.8 Å². The Bertz CT molecular complexity index is 665. The zero-order valence-corrected chi connectivity index (χ0v) is 13.6. The van der Waals surface area contributed by atoms with Crippen LogP contribution in [0.3, 0.4) is 0 Å². The minimum Gasteiger partial charge on any atom is -0.480 e. The third-order valence-electron chi connectivity index (χ3n) is 2.88. The number of carbonyl (C=O) groups is 4. The summed E-state index contributed by atoms with van der Waals surface area (Å²) in [6.07, 6.45) is -5.43. The Labute approximate surface area is 150 Å². The van der Waals surface area contributed by atoms with Crippen LogP contribution < -0.4 is 11.1 Å². The van der Waals surface area contributed by atoms with Gasteiger partial charge in [0.15, 0.2) is 0 Å². The molecule has 0 aliphatic carbocycles. The van der Waals surface area contributed by atoms with Gasteiger partial charge in [0, 0.05) is 6.42 Å². The van der Waals surface area contributed by atoms with Gasteiger partial charge in [-0.15, -0.1) is 0 Å². The molecular formula is C15H17F3N2O7. The Kier molecular flexibility index (Phi) is 9.50. The fraction of sp³-hybridized carbons (Fsp3) is 0.333. The highest BCUT2D eigenvalue weighted by Crippen LogP contribution is 2.13. The van der Waals surface area contributed by atoms with E-state index < -0.39 is 48.5 Å². The van der Waals surface area contributed by atoms with Crippen LogP contribution >= 0.6 is 0 Å². The summed E-state index contributed by atoms with van der Waals surface area (Å²) in [6.45, 7) is 0. The number of halogens is 3. The van der Waals surface area contributed by atoms with Gasteiger partial charge in [-0.3, -0.25) is 9.59 Å². The van der Waals surface area contributed by atoms with E-state index in [2.05, 4.69) is 5.32 Å². The zero-order chi connectivity index (χ0) is 21.2. The van der Waals surface area contributed by atoms with Crippen LogP contribution in [0.4, 0.5) is 13.2 Å². The lowest BCUT2D eigenvalue weighted by Crippen LogP contribution is -2.45. The molecule has 0 fully saturated rings. The molecule has 0 heterocycles. The Morgan fingerprint density at radius 2 is 1.48 bits per heavy atom. The number of hydrogen-bond donors (Lipinski definition) is 5. The minimum absolute atomic E-state index is 0.115. The van der Waals surface area contributed by atoms with Gasteiger partial charge in [0.05, 0.1) is 6.42 Å². The molecule has 1 aromatic carbocycles. The summed E-state index contributed by atoms with van der Waals surface area (Å²) >= 11 is 0. The molecule has 27 heavy (non-hydrogen) atoms. The highest BCUT2D eigenvalue weighted by atomic mass is 19.4. The van der Waals surface area contributed by atoms with Crippen molar-refractivity contribution in [3.05, 3.63) is 35.9 Å². The Morgan fingerprint density at radius 3 is 1.85 bits per heavy atom. The predicted octanol–water partition coefficient (Wildman–Crippen LogP) is 0.234. The highest BCUT2D eigenvalue weighted by molar-refractivity contribution is 5.87. The molecule has 12 heteroatoms. The molecule has 1 amide bonds. The zero-order valence-electron chi connectivity index (χ0n) is 13.6. The number of carbonyl (C=O) groups excluding carboxylic acids is 1. The average Bonchev–Trinajstić information content (AvgIpc) is 2.54. The number of nitrogens with two attached hydrogens (primary N) is 1. The van der Waals surface area contributed by atoms with Crippen LogP contribution in [0.1, 0.15) is 12.0 Å². The first kappa shape index (κ1) is 23.9. The van der Waals surface area contributed by atoms with E-state index in [-0.39, 0.29) is 6.42 Å². The summed E-state index contributed by atoms with van der Waals surface area (Å²) in [5.74, 6) is -5.96. The van der Waals surface area contributed by atoms with Gasteiger partial charge < -0.3 is 26.4 Å². The van der Waals surface area contributed by atoms with Gasteiger partial charge in [0.2, 0.25) is 5.91 Å². The first-order valence-corrected chi connectivity index (χ1v) is 7.19. The molecule has 0 saturated heterocycles. The molecule has 2 atom stereocenters. The van der Waals surface area contributed by atoms with E-state index in [0.29, 0.717) is 0 Å². The predicted molar refractivity (Wildman–Crippen MR) is 83.6 cm³/mol. The summed E-state index contributed by atoms with van der Waals surface area (Å²) < 4.78 is 31.7. The summed E-state index contributed by atoms with van der Waals surface area (Å²) in [5.41, 5.74) is 5.97. The Morgan fingerprint density at radius 1 is 1.00 bits per heavy atom. The topological polar surface area (TPSA) is 167 Å². The van der Waals surface area contributed by atoms with E-state index in [9.17, 15) is 27.6 Å². The van der Waals surface area contributed by atoms with Gasteiger partial charge in [-0.1, -0.05) is 30.3 Å². The van der Waals surface area contributed by atoms with Crippen molar-refractivity contribution in [3.63, 3.8) is 0 Å². The summed E-state index contributed by atoms with van der Waals surface area (Å²) in [5, 5.41) is 27.0. The van der Waals surface area contributed by atoms with Gasteiger partial charge >= 0.3 is 24.1 Å². The molecule has 1 aromatic rings. The van der Waals surface area contributed by atoms with Gasteiger partial charge in [0.25, 0.3) is 0 Å². The van der Waals surface area contributed by atoms with Crippen LogP contribution in [-0.2, 0) is 25.6 Å². The molecule has 0 aliphatic heterocycles. The smallest absolute Gasteiger partial charge is 0.480 e. The quantitative estimate of drug-likeness (QED) is 0.438. The minimum atomic E-state index is -5.08. The molecule has 0 unspecified atom stereocenters. The number of nitrogens with one attached hydrogen (secondary N) is 1. The lowest BCUT2D eigenvalue weighted by atomic mass is 10.1. The third-order valence-corrected chi connectivity index (χ3v) is 2.88. The van der Waals surface area contributed by atoms with Crippen LogP contribution in [-0.4, -0.2) is 57.4 Å². The largest absolute Gasteiger partial charge is 0.490 e. The van der Waals surface area contributed by atoms with Crippen molar-refractivity contribution in [2.75, 3.05) is 0 Å². The number of rotatable bonds is 7. The summed E-state index contributed by atoms with van der Waals surface area (Å²) in [7, 11) is 0. The second-order valence-corrected chi connectivity index (χ2v) is 5.10. The molecule has 0 aromatic heterocycles. The van der Waals surface area contributed by atoms with Gasteiger partial charge in [-0.2, -0.15) is 13.2 Å².